The number of alkyl halides is 3. The van der Waals surface area contributed by atoms with Gasteiger partial charge in [-0.1, -0.05) is 30.9 Å². The highest BCUT2D eigenvalue weighted by molar-refractivity contribution is 6.04. The monoisotopic (exact) mass is 395 g/mol. The van der Waals surface area contributed by atoms with Gasteiger partial charge in [-0.25, -0.2) is 18.7 Å². The lowest BCUT2D eigenvalue weighted by Gasteiger charge is -2.12. The molecule has 0 bridgehead atoms. The van der Waals surface area contributed by atoms with Crippen LogP contribution in [0.1, 0.15) is 21.7 Å². The molecule has 1 heterocycles. The highest BCUT2D eigenvalue weighted by Crippen LogP contribution is 2.29. The van der Waals surface area contributed by atoms with E-state index in [0.29, 0.717) is 11.6 Å². The number of nitrogens with one attached hydrogen (secondary N) is 1. The van der Waals surface area contributed by atoms with Crippen LogP contribution in [0.25, 0.3) is 0 Å². The summed E-state index contributed by atoms with van der Waals surface area (Å²) in [6.45, 7) is 3.10. The summed E-state index contributed by atoms with van der Waals surface area (Å²) in [5, 5.41) is 2.34. The van der Waals surface area contributed by atoms with E-state index in [1.165, 1.54) is 12.1 Å². The van der Waals surface area contributed by atoms with Gasteiger partial charge in [-0.3, -0.25) is 4.79 Å². The molecule has 146 valence electrons. The van der Waals surface area contributed by atoms with E-state index in [-0.39, 0.29) is 12.1 Å². The number of hydrogen-bond acceptors (Lipinski definition) is 3. The highest BCUT2D eigenvalue weighted by Gasteiger charge is 2.38. The molecule has 0 atom stereocenters. The lowest BCUT2D eigenvalue weighted by Crippen LogP contribution is -2.22. The first kappa shape index (κ1) is 20.9. The molecule has 0 unspecified atom stereocenters. The van der Waals surface area contributed by atoms with Gasteiger partial charge in [0.15, 0.2) is 23.0 Å². The summed E-state index contributed by atoms with van der Waals surface area (Å²) in [4.78, 5) is 18.9. The third-order valence-corrected chi connectivity index (χ3v) is 3.46. The molecule has 28 heavy (non-hydrogen) atoms. The lowest BCUT2D eigenvalue weighted by atomic mass is 10.1. The molecule has 1 amide bonds. The zero-order chi connectivity index (χ0) is 20.7. The molecule has 1 aromatic carbocycles. The van der Waals surface area contributed by atoms with Crippen molar-refractivity contribution in [3.8, 4) is 0 Å². The van der Waals surface area contributed by atoms with E-state index in [0.717, 1.165) is 18.5 Å². The fourth-order valence-electron chi connectivity index (χ4n) is 2.18. The molecule has 0 fully saturated rings. The number of para-hydroxylation sites is 1. The van der Waals surface area contributed by atoms with Crippen molar-refractivity contribution in [2.24, 2.45) is 0 Å². The molecule has 1 aromatic heterocycles. The number of amides is 1. The van der Waals surface area contributed by atoms with Crippen LogP contribution in [0.5, 0.6) is 0 Å². The van der Waals surface area contributed by atoms with Gasteiger partial charge in [0.25, 0.3) is 5.91 Å². The predicted molar refractivity (Wildman–Crippen MR) is 93.7 cm³/mol. The maximum Gasteiger partial charge on any atom is 0.435 e. The van der Waals surface area contributed by atoms with Crippen LogP contribution in [-0.2, 0) is 12.6 Å². The maximum atomic E-state index is 13.3. The second-order valence-electron chi connectivity index (χ2n) is 5.37. The SMILES string of the molecule is C=C/C(F)=C(F)\C=C/Cc1ccccc1NC(=O)c1nccnc1C(F)(F)F. The van der Waals surface area contributed by atoms with Gasteiger partial charge in [0, 0.05) is 18.1 Å². The van der Waals surface area contributed by atoms with E-state index in [1.807, 2.05) is 0 Å². The van der Waals surface area contributed by atoms with Crippen molar-refractivity contribution < 1.29 is 26.7 Å². The summed E-state index contributed by atoms with van der Waals surface area (Å²) >= 11 is 0. The largest absolute Gasteiger partial charge is 0.435 e. The van der Waals surface area contributed by atoms with Crippen LogP contribution in [0.2, 0.25) is 0 Å². The molecule has 4 nitrogen and oxygen atoms in total. The molecule has 0 saturated heterocycles. The molecule has 0 saturated carbocycles. The van der Waals surface area contributed by atoms with Crippen LogP contribution in [-0.4, -0.2) is 15.9 Å². The molecular formula is C19H14F5N3O. The van der Waals surface area contributed by atoms with Crippen molar-refractivity contribution in [2.45, 2.75) is 12.6 Å². The van der Waals surface area contributed by atoms with Crippen molar-refractivity contribution in [3.05, 3.63) is 90.1 Å². The lowest BCUT2D eigenvalue weighted by molar-refractivity contribution is -0.141. The molecule has 2 rings (SSSR count). The first-order valence-corrected chi connectivity index (χ1v) is 7.85. The minimum absolute atomic E-state index is 0.0842. The number of nitrogens with zero attached hydrogens (tertiary/aromatic N) is 2. The summed E-state index contributed by atoms with van der Waals surface area (Å²) in [7, 11) is 0. The Morgan fingerprint density at radius 3 is 2.46 bits per heavy atom. The van der Waals surface area contributed by atoms with Gasteiger partial charge in [0.05, 0.1) is 0 Å². The highest BCUT2D eigenvalue weighted by atomic mass is 19.4. The zero-order valence-electron chi connectivity index (χ0n) is 14.3. The summed E-state index contributed by atoms with van der Waals surface area (Å²) in [6.07, 6.45) is -0.0477. The van der Waals surface area contributed by atoms with E-state index >= 15 is 0 Å². The molecular weight excluding hydrogens is 381 g/mol. The zero-order valence-corrected chi connectivity index (χ0v) is 14.3. The van der Waals surface area contributed by atoms with E-state index in [2.05, 4.69) is 21.9 Å². The van der Waals surface area contributed by atoms with E-state index in [9.17, 15) is 26.7 Å². The summed E-state index contributed by atoms with van der Waals surface area (Å²) in [6, 6.07) is 6.22. The molecule has 9 heteroatoms. The number of carbonyl (C=O) groups is 1. The molecule has 2 aromatic rings. The molecule has 0 radical (unpaired) electrons. The number of halogens is 5. The van der Waals surface area contributed by atoms with Crippen LogP contribution >= 0.6 is 0 Å². The first-order chi connectivity index (χ1) is 13.2. The molecule has 0 spiro atoms. The Labute approximate surface area is 157 Å². The number of anilines is 1. The summed E-state index contributed by atoms with van der Waals surface area (Å²) < 4.78 is 65.3. The number of rotatable bonds is 6. The number of hydrogen-bond donors (Lipinski definition) is 1. The maximum absolute atomic E-state index is 13.3. The number of benzene rings is 1. The Kier molecular flexibility index (Phi) is 6.75. The first-order valence-electron chi connectivity index (χ1n) is 7.85. The average Bonchev–Trinajstić information content (AvgIpc) is 2.67. The van der Waals surface area contributed by atoms with Crippen LogP contribution in [0, 0.1) is 0 Å². The van der Waals surface area contributed by atoms with E-state index in [1.54, 1.807) is 18.2 Å². The van der Waals surface area contributed by atoms with Gasteiger partial charge in [0.1, 0.15) is 0 Å². The van der Waals surface area contributed by atoms with E-state index < -0.39 is 35.1 Å². The predicted octanol–water partition coefficient (Wildman–Crippen LogP) is 5.18. The molecule has 1 N–H and O–H groups in total. The summed E-state index contributed by atoms with van der Waals surface area (Å²) in [5.41, 5.74) is -1.61. The Bertz CT molecular complexity index is 935. The van der Waals surface area contributed by atoms with Crippen molar-refractivity contribution in [2.75, 3.05) is 5.32 Å². The smallest absolute Gasteiger partial charge is 0.320 e. The minimum Gasteiger partial charge on any atom is -0.320 e. The number of carbonyl (C=O) groups excluding carboxylic acids is 1. The number of aromatic nitrogens is 2. The second kappa shape index (κ2) is 9.03. The van der Waals surface area contributed by atoms with Gasteiger partial charge in [-0.05, 0) is 30.2 Å². The van der Waals surface area contributed by atoms with Crippen LogP contribution < -0.4 is 5.32 Å². The third kappa shape index (κ3) is 5.32. The van der Waals surface area contributed by atoms with Gasteiger partial charge < -0.3 is 5.32 Å². The number of allylic oxidation sites excluding steroid dienone is 5. The quantitative estimate of drug-likeness (QED) is 0.542. The van der Waals surface area contributed by atoms with Crippen molar-refractivity contribution in [1.29, 1.82) is 0 Å². The van der Waals surface area contributed by atoms with Crippen LogP contribution in [0.4, 0.5) is 27.6 Å². The second-order valence-corrected chi connectivity index (χ2v) is 5.37. The minimum atomic E-state index is -4.84. The topological polar surface area (TPSA) is 54.9 Å². The Morgan fingerprint density at radius 1 is 1.11 bits per heavy atom. The Morgan fingerprint density at radius 2 is 1.79 bits per heavy atom. The normalized spacial score (nSPS) is 12.6. The fourth-order valence-corrected chi connectivity index (χ4v) is 2.18. The van der Waals surface area contributed by atoms with Gasteiger partial charge in [0.2, 0.25) is 0 Å². The summed E-state index contributed by atoms with van der Waals surface area (Å²) in [5.74, 6) is -3.34. The van der Waals surface area contributed by atoms with Gasteiger partial charge >= 0.3 is 6.18 Å². The molecule has 0 aliphatic carbocycles. The Balaban J connectivity index is 2.24. The Hall–Kier alpha value is -3.36. The standard InChI is InChI=1S/C19H14F5N3O/c1-2-13(20)14(21)8-5-7-12-6-3-4-9-15(12)27-18(28)16-17(19(22,23)24)26-11-10-25-16/h2-6,8-11H,1,7H2,(H,27,28)/b8-5-,14-13-. The average molecular weight is 395 g/mol. The van der Waals surface area contributed by atoms with Crippen LogP contribution in [0.3, 0.4) is 0 Å². The van der Waals surface area contributed by atoms with Crippen molar-refractivity contribution >= 4 is 11.6 Å². The van der Waals surface area contributed by atoms with Crippen molar-refractivity contribution in [3.63, 3.8) is 0 Å². The van der Waals surface area contributed by atoms with Gasteiger partial charge in [-0.2, -0.15) is 13.2 Å². The van der Waals surface area contributed by atoms with E-state index in [4.69, 9.17) is 0 Å². The fraction of sp³-hybridized carbons (Fsp3) is 0.105. The van der Waals surface area contributed by atoms with Crippen molar-refractivity contribution in [1.82, 2.24) is 9.97 Å². The molecule has 0 aliphatic rings. The third-order valence-electron chi connectivity index (χ3n) is 3.46. The molecule has 0 aliphatic heterocycles. The van der Waals surface area contributed by atoms with Gasteiger partial charge in [-0.15, -0.1) is 0 Å². The van der Waals surface area contributed by atoms with Crippen LogP contribution in [0.15, 0.2) is 73.1 Å².